The molecule has 0 aliphatic carbocycles. The van der Waals surface area contributed by atoms with Crippen LogP contribution in [0.25, 0.3) is 0 Å². The highest BCUT2D eigenvalue weighted by Gasteiger charge is 2.33. The van der Waals surface area contributed by atoms with E-state index in [1.165, 1.54) is 43.4 Å². The molecule has 0 aliphatic heterocycles. The molecule has 6 nitrogen and oxygen atoms in total. The van der Waals surface area contributed by atoms with Crippen LogP contribution in [-0.2, 0) is 15.7 Å². The first-order valence-corrected chi connectivity index (χ1v) is 8.64. The van der Waals surface area contributed by atoms with E-state index in [0.29, 0.717) is 11.3 Å². The van der Waals surface area contributed by atoms with Crippen molar-refractivity contribution in [3.63, 3.8) is 0 Å². The van der Waals surface area contributed by atoms with Gasteiger partial charge in [-0.05, 0) is 36.4 Å². The number of ether oxygens (including phenoxy) is 2. The first-order valence-electron chi connectivity index (χ1n) is 8.64. The SMILES string of the molecule is COCCN(CC(=O)Nc1ccccc1C(F)(F)F)C(=O)c1ccc(OC)cc1. The quantitative estimate of drug-likeness (QED) is 0.724. The van der Waals surface area contributed by atoms with Gasteiger partial charge in [0, 0.05) is 19.2 Å². The normalized spacial score (nSPS) is 11.1. The summed E-state index contributed by atoms with van der Waals surface area (Å²) in [6.07, 6.45) is -4.61. The van der Waals surface area contributed by atoms with Crippen LogP contribution in [0.2, 0.25) is 0 Å². The molecule has 0 heterocycles. The van der Waals surface area contributed by atoms with Gasteiger partial charge in [0.25, 0.3) is 5.91 Å². The van der Waals surface area contributed by atoms with E-state index < -0.39 is 30.1 Å². The zero-order chi connectivity index (χ0) is 21.4. The number of carbonyl (C=O) groups excluding carboxylic acids is 2. The lowest BCUT2D eigenvalue weighted by Crippen LogP contribution is -2.40. The Labute approximate surface area is 166 Å². The van der Waals surface area contributed by atoms with Crippen molar-refractivity contribution in [2.75, 3.05) is 39.2 Å². The molecule has 0 atom stereocenters. The Hall–Kier alpha value is -3.07. The van der Waals surface area contributed by atoms with E-state index in [1.807, 2.05) is 0 Å². The zero-order valence-electron chi connectivity index (χ0n) is 16.0. The predicted molar refractivity (Wildman–Crippen MR) is 101 cm³/mol. The molecule has 0 saturated heterocycles. The molecule has 1 N–H and O–H groups in total. The Morgan fingerprint density at radius 1 is 1.03 bits per heavy atom. The standard InChI is InChI=1S/C20H21F3N2O4/c1-28-12-11-25(19(27)14-7-9-15(29-2)10-8-14)13-18(26)24-17-6-4-3-5-16(17)20(21,22)23/h3-10H,11-13H2,1-2H3,(H,24,26). The highest BCUT2D eigenvalue weighted by atomic mass is 19.4. The van der Waals surface area contributed by atoms with Gasteiger partial charge in [-0.3, -0.25) is 9.59 Å². The van der Waals surface area contributed by atoms with E-state index in [-0.39, 0.29) is 18.8 Å². The highest BCUT2D eigenvalue weighted by Crippen LogP contribution is 2.34. The van der Waals surface area contributed by atoms with Gasteiger partial charge in [0.1, 0.15) is 12.3 Å². The monoisotopic (exact) mass is 410 g/mol. The first kappa shape index (κ1) is 22.2. The van der Waals surface area contributed by atoms with Gasteiger partial charge in [-0.2, -0.15) is 13.2 Å². The maximum atomic E-state index is 13.1. The molecular weight excluding hydrogens is 389 g/mol. The molecular formula is C20H21F3N2O4. The second kappa shape index (κ2) is 9.92. The third kappa shape index (κ3) is 6.21. The molecule has 0 saturated carbocycles. The summed E-state index contributed by atoms with van der Waals surface area (Å²) in [5.74, 6) is -0.643. The minimum absolute atomic E-state index is 0.0930. The van der Waals surface area contributed by atoms with Crippen LogP contribution in [0.15, 0.2) is 48.5 Å². The molecule has 9 heteroatoms. The molecule has 2 aromatic rings. The number of nitrogens with one attached hydrogen (secondary N) is 1. The third-order valence-corrected chi connectivity index (χ3v) is 4.03. The van der Waals surface area contributed by atoms with Crippen molar-refractivity contribution >= 4 is 17.5 Å². The fourth-order valence-electron chi connectivity index (χ4n) is 2.57. The molecule has 0 fully saturated rings. The lowest BCUT2D eigenvalue weighted by molar-refractivity contribution is -0.137. The number of amides is 2. The van der Waals surface area contributed by atoms with E-state index in [1.54, 1.807) is 12.1 Å². The van der Waals surface area contributed by atoms with E-state index in [0.717, 1.165) is 12.1 Å². The van der Waals surface area contributed by atoms with Crippen molar-refractivity contribution in [1.82, 2.24) is 4.90 Å². The smallest absolute Gasteiger partial charge is 0.418 e. The van der Waals surface area contributed by atoms with Crippen molar-refractivity contribution < 1.29 is 32.2 Å². The highest BCUT2D eigenvalue weighted by molar-refractivity contribution is 5.99. The van der Waals surface area contributed by atoms with Gasteiger partial charge < -0.3 is 19.7 Å². The third-order valence-electron chi connectivity index (χ3n) is 4.03. The molecule has 0 spiro atoms. The van der Waals surface area contributed by atoms with E-state index in [9.17, 15) is 22.8 Å². The van der Waals surface area contributed by atoms with E-state index >= 15 is 0 Å². The summed E-state index contributed by atoms with van der Waals surface area (Å²) in [7, 11) is 2.93. The number of para-hydroxylation sites is 1. The summed E-state index contributed by atoms with van der Waals surface area (Å²) in [4.78, 5) is 26.3. The summed E-state index contributed by atoms with van der Waals surface area (Å²) in [6.45, 7) is -0.176. The topological polar surface area (TPSA) is 67.9 Å². The average Bonchev–Trinajstić information content (AvgIpc) is 2.70. The molecule has 0 bridgehead atoms. The summed E-state index contributed by atoms with van der Waals surface area (Å²) in [6, 6.07) is 10.9. The summed E-state index contributed by atoms with van der Waals surface area (Å²) >= 11 is 0. The van der Waals surface area contributed by atoms with E-state index in [4.69, 9.17) is 9.47 Å². The Bertz CT molecular complexity index is 838. The molecule has 0 aliphatic rings. The number of hydrogen-bond donors (Lipinski definition) is 1. The van der Waals surface area contributed by atoms with Crippen LogP contribution in [-0.4, -0.2) is 50.6 Å². The number of nitrogens with zero attached hydrogens (tertiary/aromatic N) is 1. The van der Waals surface area contributed by atoms with Crippen molar-refractivity contribution in [2.45, 2.75) is 6.18 Å². The minimum atomic E-state index is -4.61. The fraction of sp³-hybridized carbons (Fsp3) is 0.300. The Kier molecular flexibility index (Phi) is 7.60. The number of rotatable bonds is 8. The van der Waals surface area contributed by atoms with Gasteiger partial charge in [0.15, 0.2) is 0 Å². The van der Waals surface area contributed by atoms with Crippen molar-refractivity contribution in [3.05, 3.63) is 59.7 Å². The predicted octanol–water partition coefficient (Wildman–Crippen LogP) is 3.44. The maximum Gasteiger partial charge on any atom is 0.418 e. The van der Waals surface area contributed by atoms with Gasteiger partial charge in [-0.25, -0.2) is 0 Å². The van der Waals surface area contributed by atoms with Crippen LogP contribution in [0, 0.1) is 0 Å². The molecule has 2 amide bonds. The largest absolute Gasteiger partial charge is 0.497 e. The zero-order valence-corrected chi connectivity index (χ0v) is 16.0. The summed E-state index contributed by atoms with van der Waals surface area (Å²) in [5, 5.41) is 2.23. The molecule has 0 radical (unpaired) electrons. The summed E-state index contributed by atoms with van der Waals surface area (Å²) < 4.78 is 49.3. The van der Waals surface area contributed by atoms with Crippen molar-refractivity contribution in [3.8, 4) is 5.75 Å². The second-order valence-corrected chi connectivity index (χ2v) is 6.04. The molecule has 2 rings (SSSR count). The Balaban J connectivity index is 2.15. The number of carbonyl (C=O) groups is 2. The second-order valence-electron chi connectivity index (χ2n) is 6.04. The van der Waals surface area contributed by atoms with E-state index in [2.05, 4.69) is 5.32 Å². The molecule has 0 aromatic heterocycles. The molecule has 29 heavy (non-hydrogen) atoms. The molecule has 156 valence electrons. The fourth-order valence-corrected chi connectivity index (χ4v) is 2.57. The van der Waals surface area contributed by atoms with Gasteiger partial charge >= 0.3 is 6.18 Å². The lowest BCUT2D eigenvalue weighted by Gasteiger charge is -2.22. The van der Waals surface area contributed by atoms with Gasteiger partial charge in [-0.1, -0.05) is 12.1 Å². The number of alkyl halides is 3. The van der Waals surface area contributed by atoms with Crippen LogP contribution < -0.4 is 10.1 Å². The number of methoxy groups -OCH3 is 2. The average molecular weight is 410 g/mol. The summed E-state index contributed by atoms with van der Waals surface area (Å²) in [5.41, 5.74) is -1.02. The van der Waals surface area contributed by atoms with Crippen molar-refractivity contribution in [1.29, 1.82) is 0 Å². The van der Waals surface area contributed by atoms with Crippen LogP contribution in [0.5, 0.6) is 5.75 Å². The van der Waals surface area contributed by atoms with Crippen molar-refractivity contribution in [2.24, 2.45) is 0 Å². The Morgan fingerprint density at radius 3 is 2.28 bits per heavy atom. The van der Waals surface area contributed by atoms with Crippen LogP contribution >= 0.6 is 0 Å². The minimum Gasteiger partial charge on any atom is -0.497 e. The van der Waals surface area contributed by atoms with Crippen LogP contribution in [0.1, 0.15) is 15.9 Å². The van der Waals surface area contributed by atoms with Gasteiger partial charge in [0.05, 0.1) is 25.0 Å². The van der Waals surface area contributed by atoms with Gasteiger partial charge in [0.2, 0.25) is 5.91 Å². The van der Waals surface area contributed by atoms with Gasteiger partial charge in [-0.15, -0.1) is 0 Å². The van der Waals surface area contributed by atoms with Crippen LogP contribution in [0.3, 0.4) is 0 Å². The number of halogens is 3. The Morgan fingerprint density at radius 2 is 1.69 bits per heavy atom. The molecule has 2 aromatic carbocycles. The number of anilines is 1. The first-order chi connectivity index (χ1) is 13.8. The number of hydrogen-bond acceptors (Lipinski definition) is 4. The van der Waals surface area contributed by atoms with Crippen LogP contribution in [0.4, 0.5) is 18.9 Å². The molecule has 0 unspecified atom stereocenters. The lowest BCUT2D eigenvalue weighted by atomic mass is 10.1. The number of benzene rings is 2. The maximum absolute atomic E-state index is 13.1.